The van der Waals surface area contributed by atoms with Crippen LogP contribution in [0.2, 0.25) is 0 Å². The van der Waals surface area contributed by atoms with Gasteiger partial charge >= 0.3 is 17.4 Å². The minimum atomic E-state index is -6.82. The highest BCUT2D eigenvalue weighted by Crippen LogP contribution is 2.69. The molecule has 4 saturated carbocycles. The average molecular weight is 704 g/mol. The maximum absolute atomic E-state index is 13.9. The molecular formula is C30H40F5O11S-. The SMILES string of the molecule is C[C@H](CCC(=O)OC(C(F)(F)F)C(F)(F)S(=O)(=O)[O-])[C@H]1CC[C@H]2[C@@H]3[C@H](OC=O)C[C@@H]4C[C@H](OC=O)CC[C@]4(C)[C@H]3C[C@H](OC=O)[C@]12C. The maximum atomic E-state index is 13.9. The molecule has 0 radical (unpaired) electrons. The van der Waals surface area contributed by atoms with Gasteiger partial charge in [-0.05, 0) is 86.4 Å². The Kier molecular flexibility index (Phi) is 10.6. The highest BCUT2D eigenvalue weighted by atomic mass is 32.2. The van der Waals surface area contributed by atoms with Crippen LogP contribution in [0.15, 0.2) is 0 Å². The molecule has 1 unspecified atom stereocenters. The number of hydrogen-bond acceptors (Lipinski definition) is 11. The molecular weight excluding hydrogens is 663 g/mol. The van der Waals surface area contributed by atoms with E-state index in [1.807, 2.05) is 6.92 Å². The monoisotopic (exact) mass is 703 g/mol. The van der Waals surface area contributed by atoms with E-state index in [0.717, 1.165) is 6.42 Å². The maximum Gasteiger partial charge on any atom is 0.432 e. The molecule has 0 amide bonds. The summed E-state index contributed by atoms with van der Waals surface area (Å²) in [5.41, 5.74) is -0.973. The van der Waals surface area contributed by atoms with Crippen LogP contribution >= 0.6 is 0 Å². The molecule has 0 aliphatic heterocycles. The van der Waals surface area contributed by atoms with Gasteiger partial charge in [0.2, 0.25) is 0 Å². The van der Waals surface area contributed by atoms with E-state index in [9.17, 15) is 54.1 Å². The number of halogens is 5. The Morgan fingerprint density at radius 2 is 1.57 bits per heavy atom. The zero-order valence-corrected chi connectivity index (χ0v) is 27.0. The Bertz CT molecular complexity index is 1300. The first-order valence-corrected chi connectivity index (χ1v) is 17.0. The predicted octanol–water partition coefficient (Wildman–Crippen LogP) is 4.52. The predicted molar refractivity (Wildman–Crippen MR) is 148 cm³/mol. The molecule has 4 fully saturated rings. The summed E-state index contributed by atoms with van der Waals surface area (Å²) in [6, 6.07) is 0. The van der Waals surface area contributed by atoms with Gasteiger partial charge < -0.3 is 23.5 Å². The van der Waals surface area contributed by atoms with Gasteiger partial charge in [0.25, 0.3) is 25.5 Å². The minimum absolute atomic E-state index is 0.0336. The van der Waals surface area contributed by atoms with Gasteiger partial charge in [-0.25, -0.2) is 8.42 Å². The number of hydrogen-bond donors (Lipinski definition) is 0. The zero-order valence-electron chi connectivity index (χ0n) is 26.2. The van der Waals surface area contributed by atoms with Gasteiger partial charge in [0, 0.05) is 17.8 Å². The molecule has 4 aliphatic carbocycles. The molecule has 0 aromatic rings. The third kappa shape index (κ3) is 6.71. The molecule has 12 atom stereocenters. The van der Waals surface area contributed by atoms with Crippen LogP contribution in [-0.2, 0) is 48.2 Å². The number of fused-ring (bicyclic) bond motifs is 5. The van der Waals surface area contributed by atoms with E-state index in [-0.39, 0.29) is 47.5 Å². The van der Waals surface area contributed by atoms with Crippen molar-refractivity contribution in [3.05, 3.63) is 0 Å². The van der Waals surface area contributed by atoms with E-state index in [0.29, 0.717) is 57.9 Å². The Labute approximate surface area is 269 Å². The summed E-state index contributed by atoms with van der Waals surface area (Å²) < 4.78 is 121. The van der Waals surface area contributed by atoms with E-state index in [4.69, 9.17) is 14.2 Å². The van der Waals surface area contributed by atoms with Crippen molar-refractivity contribution in [1.29, 1.82) is 0 Å². The van der Waals surface area contributed by atoms with Gasteiger partial charge in [0.1, 0.15) is 18.3 Å². The lowest BCUT2D eigenvalue weighted by Gasteiger charge is -2.64. The second-order valence-electron chi connectivity index (χ2n) is 14.1. The van der Waals surface area contributed by atoms with Crippen LogP contribution < -0.4 is 0 Å². The van der Waals surface area contributed by atoms with Crippen molar-refractivity contribution in [2.45, 2.75) is 114 Å². The minimum Gasteiger partial charge on any atom is -0.743 e. The smallest absolute Gasteiger partial charge is 0.432 e. The van der Waals surface area contributed by atoms with Crippen LogP contribution in [0.5, 0.6) is 0 Å². The Morgan fingerprint density at radius 1 is 0.936 bits per heavy atom. The summed E-state index contributed by atoms with van der Waals surface area (Å²) >= 11 is 0. The number of rotatable bonds is 13. The fourth-order valence-corrected chi connectivity index (χ4v) is 10.4. The quantitative estimate of drug-likeness (QED) is 0.0872. The molecule has 11 nitrogen and oxygen atoms in total. The molecule has 0 spiro atoms. The lowest BCUT2D eigenvalue weighted by molar-refractivity contribution is -0.259. The Hall–Kier alpha value is -2.56. The topological polar surface area (TPSA) is 162 Å². The molecule has 0 aromatic heterocycles. The molecule has 0 bridgehead atoms. The fraction of sp³-hybridized carbons (Fsp3) is 0.867. The van der Waals surface area contributed by atoms with Crippen molar-refractivity contribution in [2.75, 3.05) is 0 Å². The Balaban J connectivity index is 1.56. The molecule has 0 aromatic carbocycles. The first kappa shape index (κ1) is 37.3. The van der Waals surface area contributed by atoms with Crippen molar-refractivity contribution in [3.63, 3.8) is 0 Å². The van der Waals surface area contributed by atoms with Crippen LogP contribution in [0.4, 0.5) is 22.0 Å². The normalized spacial score (nSPS) is 38.4. The molecule has 4 aliphatic rings. The number of carbonyl (C=O) groups is 4. The summed E-state index contributed by atoms with van der Waals surface area (Å²) in [7, 11) is -6.82. The number of ether oxygens (including phenoxy) is 4. The molecule has 4 rings (SSSR count). The van der Waals surface area contributed by atoms with Crippen molar-refractivity contribution < 1.29 is 73.0 Å². The van der Waals surface area contributed by atoms with Crippen molar-refractivity contribution in [3.8, 4) is 0 Å². The van der Waals surface area contributed by atoms with Crippen molar-refractivity contribution in [1.82, 2.24) is 0 Å². The van der Waals surface area contributed by atoms with Crippen molar-refractivity contribution >= 4 is 35.5 Å². The highest BCUT2D eigenvalue weighted by Gasteiger charge is 2.68. The van der Waals surface area contributed by atoms with E-state index < -0.39 is 63.6 Å². The number of esters is 1. The average Bonchev–Trinajstić information content (AvgIpc) is 3.33. The van der Waals surface area contributed by atoms with Gasteiger partial charge in [-0.1, -0.05) is 20.8 Å². The van der Waals surface area contributed by atoms with Crippen LogP contribution in [-0.4, -0.2) is 74.2 Å². The summed E-state index contributed by atoms with van der Waals surface area (Å²) in [5, 5.41) is -5.94. The summed E-state index contributed by atoms with van der Waals surface area (Å²) in [6.45, 7) is 7.03. The zero-order chi connectivity index (χ0) is 35.2. The number of alkyl halides is 5. The first-order chi connectivity index (χ1) is 21.8. The molecule has 17 heteroatoms. The standard InChI is InChI=1S/C30H41F5O11S/c1-16(4-7-24(39)46-26(29(31,32)33)30(34,35)47(40,41)42)19-5-6-20-25-21(12-23(45-15-38)28(19,20)3)27(2)9-8-18(43-13-36)10-17(27)11-22(25)44-14-37/h13-23,25-26H,4-12H2,1-3H3,(H,40,41,42)/p-1/t16-,17+,18-,19-,20+,21+,22-,23+,25+,26?,27+,28-/m1/s1. The van der Waals surface area contributed by atoms with E-state index in [2.05, 4.69) is 11.7 Å². The summed E-state index contributed by atoms with van der Waals surface area (Å²) in [5.74, 6) is -2.71. The number of carbonyl (C=O) groups excluding carboxylic acids is 4. The molecule has 0 heterocycles. The van der Waals surface area contributed by atoms with Crippen LogP contribution in [0.1, 0.15) is 78.6 Å². The van der Waals surface area contributed by atoms with E-state index >= 15 is 0 Å². The third-order valence-corrected chi connectivity index (χ3v) is 13.0. The highest BCUT2D eigenvalue weighted by molar-refractivity contribution is 7.86. The second-order valence-corrected chi connectivity index (χ2v) is 15.5. The summed E-state index contributed by atoms with van der Waals surface area (Å²) in [6.07, 6.45) is -8.67. The second kappa shape index (κ2) is 13.4. The lowest BCUT2D eigenvalue weighted by Crippen LogP contribution is -2.63. The van der Waals surface area contributed by atoms with Crippen LogP contribution in [0, 0.1) is 46.3 Å². The van der Waals surface area contributed by atoms with E-state index in [1.165, 1.54) is 0 Å². The van der Waals surface area contributed by atoms with Gasteiger partial charge in [0.15, 0.2) is 10.1 Å². The summed E-state index contributed by atoms with van der Waals surface area (Å²) in [4.78, 5) is 46.9. The fourth-order valence-electron chi connectivity index (χ4n) is 9.94. The van der Waals surface area contributed by atoms with E-state index in [1.54, 1.807) is 6.92 Å². The Morgan fingerprint density at radius 3 is 2.15 bits per heavy atom. The molecule has 0 N–H and O–H groups in total. The lowest BCUT2D eigenvalue weighted by atomic mass is 9.43. The van der Waals surface area contributed by atoms with Crippen molar-refractivity contribution in [2.24, 2.45) is 46.3 Å². The molecule has 0 saturated heterocycles. The largest absolute Gasteiger partial charge is 0.743 e. The van der Waals surface area contributed by atoms with Gasteiger partial charge in [0.05, 0.1) is 0 Å². The van der Waals surface area contributed by atoms with Gasteiger partial charge in [-0.2, -0.15) is 22.0 Å². The first-order valence-electron chi connectivity index (χ1n) is 15.6. The molecule has 268 valence electrons. The van der Waals surface area contributed by atoms with Gasteiger partial charge in [-0.3, -0.25) is 19.2 Å². The van der Waals surface area contributed by atoms with Crippen LogP contribution in [0.3, 0.4) is 0 Å². The van der Waals surface area contributed by atoms with Crippen LogP contribution in [0.25, 0.3) is 0 Å². The molecule has 47 heavy (non-hydrogen) atoms. The van der Waals surface area contributed by atoms with Gasteiger partial charge in [-0.15, -0.1) is 0 Å². The third-order valence-electron chi connectivity index (χ3n) is 12.1.